The molecule has 1 aromatic rings. The zero-order valence-electron chi connectivity index (χ0n) is 11.3. The molecular weight excluding hydrogens is 278 g/mol. The maximum absolute atomic E-state index is 11.4. The van der Waals surface area contributed by atoms with Crippen LogP contribution in [0.4, 0.5) is 11.4 Å². The molecule has 20 heavy (non-hydrogen) atoms. The number of ether oxygens (including phenoxy) is 1. The van der Waals surface area contributed by atoms with Crippen LogP contribution >= 0.6 is 0 Å². The first-order valence-corrected chi connectivity index (χ1v) is 8.30. The first kappa shape index (κ1) is 15.1. The number of anilines is 2. The highest BCUT2D eigenvalue weighted by Crippen LogP contribution is 2.25. The van der Waals surface area contributed by atoms with Crippen LogP contribution < -0.4 is 16.2 Å². The van der Waals surface area contributed by atoms with Crippen molar-refractivity contribution in [3.05, 3.63) is 18.2 Å². The highest BCUT2D eigenvalue weighted by molar-refractivity contribution is 7.89. The molecule has 7 heteroatoms. The Kier molecular flexibility index (Phi) is 4.85. The van der Waals surface area contributed by atoms with Gasteiger partial charge < -0.3 is 15.8 Å². The molecule has 0 aromatic heterocycles. The van der Waals surface area contributed by atoms with Crippen molar-refractivity contribution in [2.45, 2.75) is 36.7 Å². The number of hydrogen-bond acceptors (Lipinski definition) is 5. The molecule has 2 rings (SSSR count). The Bertz CT molecular complexity index is 554. The van der Waals surface area contributed by atoms with E-state index in [1.165, 1.54) is 18.9 Å². The van der Waals surface area contributed by atoms with Gasteiger partial charge in [-0.25, -0.2) is 13.6 Å². The van der Waals surface area contributed by atoms with Gasteiger partial charge >= 0.3 is 0 Å². The monoisotopic (exact) mass is 299 g/mol. The smallest absolute Gasteiger partial charge is 0.240 e. The van der Waals surface area contributed by atoms with Gasteiger partial charge in [0.05, 0.1) is 24.1 Å². The van der Waals surface area contributed by atoms with Crippen molar-refractivity contribution in [3.8, 4) is 0 Å². The number of benzene rings is 1. The van der Waals surface area contributed by atoms with Gasteiger partial charge in [-0.3, -0.25) is 0 Å². The number of hydrogen-bond donors (Lipinski definition) is 3. The van der Waals surface area contributed by atoms with E-state index < -0.39 is 10.0 Å². The molecule has 1 aliphatic carbocycles. The van der Waals surface area contributed by atoms with Crippen LogP contribution in [-0.4, -0.2) is 27.7 Å². The number of para-hydroxylation sites is 1. The van der Waals surface area contributed by atoms with Crippen molar-refractivity contribution in [3.63, 3.8) is 0 Å². The van der Waals surface area contributed by atoms with Gasteiger partial charge in [0.15, 0.2) is 0 Å². The summed E-state index contributed by atoms with van der Waals surface area (Å²) in [4.78, 5) is -0.0563. The maximum atomic E-state index is 11.4. The molecule has 112 valence electrons. The second-order valence-corrected chi connectivity index (χ2v) is 6.50. The normalized spacial score (nSPS) is 16.4. The van der Waals surface area contributed by atoms with Crippen LogP contribution in [-0.2, 0) is 14.8 Å². The fraction of sp³-hybridized carbons (Fsp3) is 0.538. The predicted molar refractivity (Wildman–Crippen MR) is 78.9 cm³/mol. The van der Waals surface area contributed by atoms with Crippen LogP contribution in [0.25, 0.3) is 0 Å². The second kappa shape index (κ2) is 6.43. The largest absolute Gasteiger partial charge is 0.396 e. The third-order valence-corrected chi connectivity index (χ3v) is 4.41. The molecule has 0 saturated heterocycles. The summed E-state index contributed by atoms with van der Waals surface area (Å²) in [6, 6.07) is 4.72. The SMILES string of the molecule is Nc1c(NCCOC2CCCC2)cccc1S(N)(=O)=O. The van der Waals surface area contributed by atoms with Crippen LogP contribution in [0.1, 0.15) is 25.7 Å². The van der Waals surface area contributed by atoms with Crippen molar-refractivity contribution in [1.82, 2.24) is 0 Å². The summed E-state index contributed by atoms with van der Waals surface area (Å²) in [5.41, 5.74) is 6.52. The summed E-state index contributed by atoms with van der Waals surface area (Å²) in [7, 11) is -3.80. The molecule has 0 aliphatic heterocycles. The summed E-state index contributed by atoms with van der Waals surface area (Å²) in [5, 5.41) is 8.18. The van der Waals surface area contributed by atoms with Crippen molar-refractivity contribution in [2.24, 2.45) is 5.14 Å². The molecule has 1 fully saturated rings. The van der Waals surface area contributed by atoms with Gasteiger partial charge in [-0.05, 0) is 25.0 Å². The fourth-order valence-corrected chi connectivity index (χ4v) is 3.10. The molecule has 0 spiro atoms. The van der Waals surface area contributed by atoms with Gasteiger partial charge in [0.1, 0.15) is 4.90 Å². The number of nitrogens with one attached hydrogen (secondary N) is 1. The van der Waals surface area contributed by atoms with Crippen LogP contribution in [0.2, 0.25) is 0 Å². The number of nitrogen functional groups attached to an aromatic ring is 1. The first-order valence-electron chi connectivity index (χ1n) is 6.75. The first-order chi connectivity index (χ1) is 9.48. The Morgan fingerprint density at radius 1 is 1.30 bits per heavy atom. The van der Waals surface area contributed by atoms with E-state index in [0.717, 1.165) is 12.8 Å². The van der Waals surface area contributed by atoms with Gasteiger partial charge in [0.2, 0.25) is 10.0 Å². The lowest BCUT2D eigenvalue weighted by molar-refractivity contribution is 0.0659. The van der Waals surface area contributed by atoms with Gasteiger partial charge in [-0.1, -0.05) is 18.9 Å². The molecule has 0 heterocycles. The van der Waals surface area contributed by atoms with E-state index in [2.05, 4.69) is 5.32 Å². The number of rotatable bonds is 6. The molecule has 0 radical (unpaired) electrons. The van der Waals surface area contributed by atoms with Crippen molar-refractivity contribution < 1.29 is 13.2 Å². The minimum Gasteiger partial charge on any atom is -0.396 e. The van der Waals surface area contributed by atoms with E-state index in [9.17, 15) is 8.42 Å². The van der Waals surface area contributed by atoms with Crippen LogP contribution in [0.5, 0.6) is 0 Å². The van der Waals surface area contributed by atoms with Gasteiger partial charge in [0.25, 0.3) is 0 Å². The van der Waals surface area contributed by atoms with E-state index in [4.69, 9.17) is 15.6 Å². The average molecular weight is 299 g/mol. The molecule has 0 amide bonds. The third kappa shape index (κ3) is 3.84. The Labute approximate surface area is 119 Å². The lowest BCUT2D eigenvalue weighted by atomic mass is 10.2. The zero-order valence-corrected chi connectivity index (χ0v) is 12.2. The maximum Gasteiger partial charge on any atom is 0.240 e. The summed E-state index contributed by atoms with van der Waals surface area (Å²) in [6.07, 6.45) is 5.10. The Morgan fingerprint density at radius 3 is 2.65 bits per heavy atom. The molecular formula is C13H21N3O3S. The molecule has 6 nitrogen and oxygen atoms in total. The number of sulfonamides is 1. The van der Waals surface area contributed by atoms with Crippen molar-refractivity contribution in [1.29, 1.82) is 0 Å². The summed E-state index contributed by atoms with van der Waals surface area (Å²) >= 11 is 0. The minimum absolute atomic E-state index is 0.0563. The van der Waals surface area contributed by atoms with Gasteiger partial charge in [-0.15, -0.1) is 0 Å². The van der Waals surface area contributed by atoms with E-state index in [1.807, 2.05) is 0 Å². The summed E-state index contributed by atoms with van der Waals surface area (Å²) in [6.45, 7) is 1.15. The molecule has 1 aliphatic rings. The summed E-state index contributed by atoms with van der Waals surface area (Å²) in [5.74, 6) is 0. The van der Waals surface area contributed by atoms with Crippen LogP contribution in [0, 0.1) is 0 Å². The quantitative estimate of drug-likeness (QED) is 0.542. The topological polar surface area (TPSA) is 107 Å². The van der Waals surface area contributed by atoms with Crippen molar-refractivity contribution in [2.75, 3.05) is 24.2 Å². The molecule has 0 bridgehead atoms. The predicted octanol–water partition coefficient (Wildman–Crippen LogP) is 1.29. The van der Waals surface area contributed by atoms with E-state index in [-0.39, 0.29) is 10.6 Å². The molecule has 1 saturated carbocycles. The van der Waals surface area contributed by atoms with Crippen LogP contribution in [0.15, 0.2) is 23.1 Å². The van der Waals surface area contributed by atoms with Gasteiger partial charge in [-0.2, -0.15) is 0 Å². The zero-order chi connectivity index (χ0) is 14.6. The highest BCUT2D eigenvalue weighted by atomic mass is 32.2. The van der Waals surface area contributed by atoms with Gasteiger partial charge in [0, 0.05) is 6.54 Å². The molecule has 0 unspecified atom stereocenters. The van der Waals surface area contributed by atoms with E-state index in [1.54, 1.807) is 12.1 Å². The standard InChI is InChI=1S/C13H21N3O3S/c14-13-11(6-3-7-12(13)20(15,17)18)16-8-9-19-10-4-1-2-5-10/h3,6-7,10,16H,1-2,4-5,8-9,14H2,(H2,15,17,18). The Hall–Kier alpha value is -1.31. The van der Waals surface area contributed by atoms with Crippen molar-refractivity contribution >= 4 is 21.4 Å². The minimum atomic E-state index is -3.80. The lowest BCUT2D eigenvalue weighted by Gasteiger charge is -2.14. The molecule has 0 atom stereocenters. The highest BCUT2D eigenvalue weighted by Gasteiger charge is 2.16. The third-order valence-electron chi connectivity index (χ3n) is 3.45. The number of primary sulfonamides is 1. The van der Waals surface area contributed by atoms with E-state index >= 15 is 0 Å². The summed E-state index contributed by atoms with van der Waals surface area (Å²) < 4.78 is 28.4. The molecule has 1 aromatic carbocycles. The van der Waals surface area contributed by atoms with Crippen LogP contribution in [0.3, 0.4) is 0 Å². The number of nitrogens with two attached hydrogens (primary N) is 2. The second-order valence-electron chi connectivity index (χ2n) is 4.97. The van der Waals surface area contributed by atoms with E-state index in [0.29, 0.717) is 24.9 Å². The Morgan fingerprint density at radius 2 is 2.00 bits per heavy atom. The fourth-order valence-electron chi connectivity index (χ4n) is 2.41. The lowest BCUT2D eigenvalue weighted by Crippen LogP contribution is -2.18. The average Bonchev–Trinajstić information content (AvgIpc) is 2.88. The Balaban J connectivity index is 1.89. The molecule has 5 N–H and O–H groups in total.